The second-order valence-electron chi connectivity index (χ2n) is 5.90. The molecule has 0 radical (unpaired) electrons. The fourth-order valence-electron chi connectivity index (χ4n) is 1.78. The lowest BCUT2D eigenvalue weighted by Gasteiger charge is -2.27. The maximum Gasteiger partial charge on any atom is 0.0525 e. The average Bonchev–Trinajstić information content (AvgIpc) is 2.27. The molecule has 0 aliphatic carbocycles. The van der Waals surface area contributed by atoms with Crippen LogP contribution in [-0.2, 0) is 10.8 Å². The zero-order valence-corrected chi connectivity index (χ0v) is 11.2. The maximum atomic E-state index is 9.47. The first-order chi connectivity index (χ1) is 7.33. The molecule has 1 aromatic carbocycles. The maximum absolute atomic E-state index is 9.47. The van der Waals surface area contributed by atoms with Crippen LogP contribution in [-0.4, -0.2) is 11.7 Å². The molecule has 0 saturated carbocycles. The second-order valence-corrected chi connectivity index (χ2v) is 5.90. The summed E-state index contributed by atoms with van der Waals surface area (Å²) in [5.41, 5.74) is 2.66. The molecular formula is C15H24O. The van der Waals surface area contributed by atoms with Gasteiger partial charge in [0, 0.05) is 5.41 Å². The Hall–Kier alpha value is -0.820. The molecule has 1 aromatic rings. The Balaban J connectivity index is 3.04. The topological polar surface area (TPSA) is 20.2 Å². The van der Waals surface area contributed by atoms with Crippen LogP contribution < -0.4 is 0 Å². The van der Waals surface area contributed by atoms with E-state index in [0.29, 0.717) is 0 Å². The van der Waals surface area contributed by atoms with Crippen LogP contribution in [0.4, 0.5) is 0 Å². The zero-order valence-electron chi connectivity index (χ0n) is 11.2. The van der Waals surface area contributed by atoms with Gasteiger partial charge < -0.3 is 5.11 Å². The summed E-state index contributed by atoms with van der Waals surface area (Å²) in [5.74, 6) is 0. The molecule has 90 valence electrons. The van der Waals surface area contributed by atoms with E-state index in [2.05, 4.69) is 58.9 Å². The zero-order chi connectivity index (χ0) is 12.4. The van der Waals surface area contributed by atoms with Gasteiger partial charge in [-0.25, -0.2) is 0 Å². The molecule has 1 heteroatoms. The molecule has 0 fully saturated rings. The molecule has 0 heterocycles. The smallest absolute Gasteiger partial charge is 0.0525 e. The molecule has 0 spiro atoms. The van der Waals surface area contributed by atoms with E-state index in [1.807, 2.05) is 0 Å². The Morgan fingerprint density at radius 3 is 1.69 bits per heavy atom. The fourth-order valence-corrected chi connectivity index (χ4v) is 1.78. The summed E-state index contributed by atoms with van der Waals surface area (Å²) in [4.78, 5) is 0. The van der Waals surface area contributed by atoms with Gasteiger partial charge in [0.2, 0.25) is 0 Å². The molecule has 0 saturated heterocycles. The predicted octanol–water partition coefficient (Wildman–Crippen LogP) is 3.64. The molecule has 0 aliphatic heterocycles. The molecule has 1 atom stereocenters. The molecule has 0 aromatic heterocycles. The summed E-state index contributed by atoms with van der Waals surface area (Å²) in [5, 5.41) is 9.47. The molecule has 16 heavy (non-hydrogen) atoms. The van der Waals surface area contributed by atoms with Crippen molar-refractivity contribution in [3.05, 3.63) is 35.4 Å². The lowest BCUT2D eigenvalue weighted by atomic mass is 9.79. The Kier molecular flexibility index (Phi) is 3.80. The van der Waals surface area contributed by atoms with Crippen LogP contribution in [0.2, 0.25) is 0 Å². The van der Waals surface area contributed by atoms with Crippen LogP contribution in [0.1, 0.15) is 52.2 Å². The third kappa shape index (κ3) is 2.65. The van der Waals surface area contributed by atoms with Gasteiger partial charge >= 0.3 is 0 Å². The van der Waals surface area contributed by atoms with Crippen molar-refractivity contribution in [2.45, 2.75) is 51.9 Å². The van der Waals surface area contributed by atoms with Gasteiger partial charge in [0.25, 0.3) is 0 Å². The lowest BCUT2D eigenvalue weighted by Crippen LogP contribution is -2.25. The number of hydrogen-bond donors (Lipinski definition) is 1. The van der Waals surface area contributed by atoms with Crippen molar-refractivity contribution < 1.29 is 5.11 Å². The number of hydrogen-bond acceptors (Lipinski definition) is 1. The highest BCUT2D eigenvalue weighted by Crippen LogP contribution is 2.29. The first-order valence-corrected chi connectivity index (χ1v) is 6.05. The second kappa shape index (κ2) is 4.58. The standard InChI is InChI=1S/C15H24O/c1-6-15(5,11-16)13-9-7-12(8-10-13)14(2,3)4/h7-10,16H,6,11H2,1-5H3. The minimum absolute atomic E-state index is 0.101. The van der Waals surface area contributed by atoms with Gasteiger partial charge in [0.05, 0.1) is 6.61 Å². The SMILES string of the molecule is CCC(C)(CO)c1ccc(C(C)(C)C)cc1. The van der Waals surface area contributed by atoms with E-state index in [-0.39, 0.29) is 17.4 Å². The number of aliphatic hydroxyl groups is 1. The van der Waals surface area contributed by atoms with Crippen molar-refractivity contribution in [3.8, 4) is 0 Å². The highest BCUT2D eigenvalue weighted by atomic mass is 16.3. The van der Waals surface area contributed by atoms with Crippen LogP contribution >= 0.6 is 0 Å². The van der Waals surface area contributed by atoms with Crippen LogP contribution in [0.3, 0.4) is 0 Å². The number of aliphatic hydroxyl groups excluding tert-OH is 1. The quantitative estimate of drug-likeness (QED) is 0.824. The Bertz CT molecular complexity index is 325. The van der Waals surface area contributed by atoms with Gasteiger partial charge in [0.15, 0.2) is 0 Å². The van der Waals surface area contributed by atoms with Gasteiger partial charge in [-0.15, -0.1) is 0 Å². The van der Waals surface area contributed by atoms with Crippen molar-refractivity contribution in [3.63, 3.8) is 0 Å². The number of rotatable bonds is 3. The summed E-state index contributed by atoms with van der Waals surface area (Å²) < 4.78 is 0. The van der Waals surface area contributed by atoms with Crippen LogP contribution in [0.5, 0.6) is 0 Å². The van der Waals surface area contributed by atoms with Crippen molar-refractivity contribution in [1.82, 2.24) is 0 Å². The first-order valence-electron chi connectivity index (χ1n) is 6.05. The Labute approximate surface area is 99.5 Å². The van der Waals surface area contributed by atoms with Crippen LogP contribution in [0.25, 0.3) is 0 Å². The third-order valence-corrected chi connectivity index (χ3v) is 3.58. The van der Waals surface area contributed by atoms with Gasteiger partial charge in [-0.1, -0.05) is 58.9 Å². The van der Waals surface area contributed by atoms with Gasteiger partial charge in [-0.2, -0.15) is 0 Å². The predicted molar refractivity (Wildman–Crippen MR) is 69.9 cm³/mol. The van der Waals surface area contributed by atoms with E-state index in [4.69, 9.17) is 0 Å². The van der Waals surface area contributed by atoms with Crippen molar-refractivity contribution in [2.24, 2.45) is 0 Å². The van der Waals surface area contributed by atoms with E-state index < -0.39 is 0 Å². The molecule has 0 aliphatic rings. The summed E-state index contributed by atoms with van der Waals surface area (Å²) in [6.07, 6.45) is 0.957. The van der Waals surface area contributed by atoms with E-state index in [0.717, 1.165) is 6.42 Å². The fraction of sp³-hybridized carbons (Fsp3) is 0.600. The minimum Gasteiger partial charge on any atom is -0.395 e. The summed E-state index contributed by atoms with van der Waals surface area (Å²) >= 11 is 0. The van der Waals surface area contributed by atoms with E-state index in [1.165, 1.54) is 11.1 Å². The van der Waals surface area contributed by atoms with E-state index in [9.17, 15) is 5.11 Å². The van der Waals surface area contributed by atoms with Gasteiger partial charge in [0.1, 0.15) is 0 Å². The molecular weight excluding hydrogens is 196 g/mol. The number of benzene rings is 1. The Morgan fingerprint density at radius 1 is 0.938 bits per heavy atom. The molecule has 1 unspecified atom stereocenters. The van der Waals surface area contributed by atoms with Crippen molar-refractivity contribution >= 4 is 0 Å². The van der Waals surface area contributed by atoms with Crippen LogP contribution in [0.15, 0.2) is 24.3 Å². The normalized spacial score (nSPS) is 15.9. The third-order valence-electron chi connectivity index (χ3n) is 3.58. The lowest BCUT2D eigenvalue weighted by molar-refractivity contribution is 0.201. The largest absolute Gasteiger partial charge is 0.395 e. The highest BCUT2D eigenvalue weighted by molar-refractivity contribution is 5.31. The molecule has 1 rings (SSSR count). The minimum atomic E-state index is -0.101. The monoisotopic (exact) mass is 220 g/mol. The van der Waals surface area contributed by atoms with E-state index in [1.54, 1.807) is 0 Å². The molecule has 1 nitrogen and oxygen atoms in total. The molecule has 0 bridgehead atoms. The first kappa shape index (κ1) is 13.2. The highest BCUT2D eigenvalue weighted by Gasteiger charge is 2.24. The van der Waals surface area contributed by atoms with Gasteiger partial charge in [-0.05, 0) is 23.0 Å². The van der Waals surface area contributed by atoms with Gasteiger partial charge in [-0.3, -0.25) is 0 Å². The Morgan fingerprint density at radius 2 is 1.38 bits per heavy atom. The summed E-state index contributed by atoms with van der Waals surface area (Å²) in [6.45, 7) is 11.1. The molecule has 0 amide bonds. The van der Waals surface area contributed by atoms with Crippen LogP contribution in [0, 0.1) is 0 Å². The van der Waals surface area contributed by atoms with E-state index >= 15 is 0 Å². The average molecular weight is 220 g/mol. The van der Waals surface area contributed by atoms with Crippen molar-refractivity contribution in [2.75, 3.05) is 6.61 Å². The van der Waals surface area contributed by atoms with Crippen molar-refractivity contribution in [1.29, 1.82) is 0 Å². The summed E-state index contributed by atoms with van der Waals surface area (Å²) in [7, 11) is 0. The molecule has 1 N–H and O–H groups in total. The summed E-state index contributed by atoms with van der Waals surface area (Å²) in [6, 6.07) is 8.67.